The van der Waals surface area contributed by atoms with E-state index < -0.39 is 24.3 Å². The van der Waals surface area contributed by atoms with E-state index in [1.807, 2.05) is 45.9 Å². The summed E-state index contributed by atoms with van der Waals surface area (Å²) >= 11 is 0. The fourth-order valence-corrected chi connectivity index (χ4v) is 2.42. The number of ether oxygens (including phenoxy) is 1. The van der Waals surface area contributed by atoms with Gasteiger partial charge in [-0.25, -0.2) is 4.79 Å². The fourth-order valence-electron chi connectivity index (χ4n) is 2.42. The predicted molar refractivity (Wildman–Crippen MR) is 83.1 cm³/mol. The molecule has 7 heteroatoms. The lowest BCUT2D eigenvalue weighted by atomic mass is 9.79. The number of carbonyl (C=O) groups excluding carboxylic acids is 1. The summed E-state index contributed by atoms with van der Waals surface area (Å²) in [5.41, 5.74) is 1.12. The highest BCUT2D eigenvalue weighted by molar-refractivity contribution is 6.62. The number of esters is 1. The molecule has 2 aromatic rings. The van der Waals surface area contributed by atoms with Crippen molar-refractivity contribution in [3.63, 3.8) is 0 Å². The molecule has 0 amide bonds. The van der Waals surface area contributed by atoms with Crippen LogP contribution in [-0.4, -0.2) is 41.6 Å². The van der Waals surface area contributed by atoms with Gasteiger partial charge in [0.1, 0.15) is 0 Å². The molecule has 1 fully saturated rings. The van der Waals surface area contributed by atoms with Gasteiger partial charge in [0.05, 0.1) is 23.8 Å². The highest BCUT2D eigenvalue weighted by Gasteiger charge is 2.51. The molecule has 6 nitrogen and oxygen atoms in total. The zero-order valence-electron chi connectivity index (χ0n) is 13.4. The van der Waals surface area contributed by atoms with Gasteiger partial charge in [0, 0.05) is 5.39 Å². The van der Waals surface area contributed by atoms with Crippen LogP contribution in [0.5, 0.6) is 0 Å². The number of nitrogens with one attached hydrogen (secondary N) is 1. The van der Waals surface area contributed by atoms with E-state index in [1.165, 1.54) is 7.11 Å². The van der Waals surface area contributed by atoms with Gasteiger partial charge in [-0.05, 0) is 39.2 Å². The Labute approximate surface area is 129 Å². The third-order valence-corrected chi connectivity index (χ3v) is 4.49. The molecule has 1 N–H and O–H groups in total. The summed E-state index contributed by atoms with van der Waals surface area (Å²) in [5.74, 6) is -0.463. The van der Waals surface area contributed by atoms with Gasteiger partial charge in [-0.15, -0.1) is 0 Å². The average molecular weight is 302 g/mol. The number of aromatic nitrogens is 2. The number of aromatic amines is 1. The molecular weight excluding hydrogens is 283 g/mol. The number of hydrogen-bond donors (Lipinski definition) is 1. The molecule has 1 aliphatic rings. The third-order valence-electron chi connectivity index (χ3n) is 4.49. The van der Waals surface area contributed by atoms with Crippen molar-refractivity contribution < 1.29 is 18.8 Å². The molecule has 116 valence electrons. The Morgan fingerprint density at radius 2 is 1.86 bits per heavy atom. The van der Waals surface area contributed by atoms with E-state index in [-0.39, 0.29) is 5.69 Å². The van der Waals surface area contributed by atoms with Crippen LogP contribution in [0, 0.1) is 0 Å². The van der Waals surface area contributed by atoms with Crippen LogP contribution >= 0.6 is 0 Å². The lowest BCUT2D eigenvalue weighted by Gasteiger charge is -2.32. The van der Waals surface area contributed by atoms with Gasteiger partial charge in [0.25, 0.3) is 0 Å². The molecule has 1 saturated heterocycles. The Morgan fingerprint density at radius 1 is 1.23 bits per heavy atom. The van der Waals surface area contributed by atoms with Gasteiger partial charge >= 0.3 is 13.1 Å². The molecule has 22 heavy (non-hydrogen) atoms. The van der Waals surface area contributed by atoms with Gasteiger partial charge in [0.2, 0.25) is 0 Å². The Balaban J connectivity index is 1.96. The number of rotatable bonds is 2. The van der Waals surface area contributed by atoms with Crippen molar-refractivity contribution in [2.24, 2.45) is 0 Å². The molecule has 1 aliphatic heterocycles. The van der Waals surface area contributed by atoms with Crippen molar-refractivity contribution >= 4 is 29.5 Å². The fraction of sp³-hybridized carbons (Fsp3) is 0.467. The van der Waals surface area contributed by atoms with Crippen molar-refractivity contribution in [2.45, 2.75) is 38.9 Å². The number of fused-ring (bicyclic) bond motifs is 1. The Morgan fingerprint density at radius 3 is 2.45 bits per heavy atom. The van der Waals surface area contributed by atoms with Crippen LogP contribution in [0.4, 0.5) is 0 Å². The first-order valence-corrected chi connectivity index (χ1v) is 7.17. The van der Waals surface area contributed by atoms with Gasteiger partial charge in [-0.2, -0.15) is 5.10 Å². The van der Waals surface area contributed by atoms with Crippen LogP contribution in [0.1, 0.15) is 38.2 Å². The van der Waals surface area contributed by atoms with Gasteiger partial charge in [-0.3, -0.25) is 5.10 Å². The zero-order chi connectivity index (χ0) is 16.1. The molecule has 0 unspecified atom stereocenters. The van der Waals surface area contributed by atoms with E-state index in [0.717, 1.165) is 11.0 Å². The second kappa shape index (κ2) is 4.82. The van der Waals surface area contributed by atoms with Crippen LogP contribution in [0.3, 0.4) is 0 Å². The second-order valence-electron chi connectivity index (χ2n) is 6.46. The maximum Gasteiger partial charge on any atom is 0.494 e. The number of H-pyrrole nitrogens is 1. The molecular formula is C15H19BN2O4. The number of hydrogen-bond acceptors (Lipinski definition) is 5. The highest BCUT2D eigenvalue weighted by atomic mass is 16.7. The first kappa shape index (κ1) is 15.1. The van der Waals surface area contributed by atoms with Crippen LogP contribution in [0.2, 0.25) is 0 Å². The number of benzene rings is 1. The average Bonchev–Trinajstić information content (AvgIpc) is 2.96. The molecule has 1 aromatic carbocycles. The van der Waals surface area contributed by atoms with E-state index in [9.17, 15) is 4.79 Å². The SMILES string of the molecule is COC(=O)c1n[nH]c2cc(B3OC(C)(C)C(C)(C)O3)ccc12. The van der Waals surface area contributed by atoms with E-state index in [2.05, 4.69) is 10.2 Å². The molecule has 1 aromatic heterocycles. The standard InChI is InChI=1S/C15H19BN2O4/c1-14(2)15(3,4)22-16(21-14)9-6-7-10-11(8-9)17-18-12(10)13(19)20-5/h6-8H,1-5H3,(H,17,18). The topological polar surface area (TPSA) is 73.4 Å². The molecule has 0 atom stereocenters. The minimum absolute atomic E-state index is 0.276. The molecule has 0 aliphatic carbocycles. The summed E-state index contributed by atoms with van der Waals surface area (Å²) in [5, 5.41) is 7.57. The Hall–Kier alpha value is -1.86. The number of methoxy groups -OCH3 is 1. The maximum absolute atomic E-state index is 11.6. The van der Waals surface area contributed by atoms with Crippen LogP contribution in [-0.2, 0) is 14.0 Å². The van der Waals surface area contributed by atoms with Crippen molar-refractivity contribution in [1.29, 1.82) is 0 Å². The van der Waals surface area contributed by atoms with E-state index in [4.69, 9.17) is 14.0 Å². The van der Waals surface area contributed by atoms with Gasteiger partial charge in [0.15, 0.2) is 5.69 Å². The number of carbonyl (C=O) groups is 1. The summed E-state index contributed by atoms with van der Waals surface area (Å²) in [6, 6.07) is 5.59. The van der Waals surface area contributed by atoms with Crippen molar-refractivity contribution in [2.75, 3.05) is 7.11 Å². The minimum atomic E-state index is -0.463. The first-order valence-electron chi connectivity index (χ1n) is 7.17. The number of nitrogens with zero attached hydrogens (tertiary/aromatic N) is 1. The van der Waals surface area contributed by atoms with Crippen molar-refractivity contribution in [3.05, 3.63) is 23.9 Å². The smallest absolute Gasteiger partial charge is 0.464 e. The van der Waals surface area contributed by atoms with E-state index in [1.54, 1.807) is 0 Å². The van der Waals surface area contributed by atoms with E-state index in [0.29, 0.717) is 5.39 Å². The molecule has 0 radical (unpaired) electrons. The zero-order valence-corrected chi connectivity index (χ0v) is 13.4. The molecule has 0 spiro atoms. The largest absolute Gasteiger partial charge is 0.494 e. The summed E-state index contributed by atoms with van der Waals surface area (Å²) in [6.07, 6.45) is 0. The van der Waals surface area contributed by atoms with Crippen LogP contribution < -0.4 is 5.46 Å². The Bertz CT molecular complexity index is 722. The van der Waals surface area contributed by atoms with Crippen LogP contribution in [0.25, 0.3) is 10.9 Å². The van der Waals surface area contributed by atoms with Gasteiger partial charge < -0.3 is 14.0 Å². The predicted octanol–water partition coefficient (Wildman–Crippen LogP) is 1.65. The van der Waals surface area contributed by atoms with Crippen LogP contribution in [0.15, 0.2) is 18.2 Å². The van der Waals surface area contributed by atoms with Crippen molar-refractivity contribution in [1.82, 2.24) is 10.2 Å². The maximum atomic E-state index is 11.6. The monoisotopic (exact) mass is 302 g/mol. The molecule has 3 rings (SSSR count). The summed E-state index contributed by atoms with van der Waals surface area (Å²) in [6.45, 7) is 8.04. The second-order valence-corrected chi connectivity index (χ2v) is 6.46. The summed E-state index contributed by atoms with van der Waals surface area (Å²) in [7, 11) is 0.890. The third kappa shape index (κ3) is 2.21. The summed E-state index contributed by atoms with van der Waals surface area (Å²) in [4.78, 5) is 11.6. The lowest BCUT2D eigenvalue weighted by Crippen LogP contribution is -2.41. The van der Waals surface area contributed by atoms with Gasteiger partial charge in [-0.1, -0.05) is 12.1 Å². The quantitative estimate of drug-likeness (QED) is 0.674. The molecule has 0 saturated carbocycles. The molecule has 2 heterocycles. The normalized spacial score (nSPS) is 19.6. The molecule has 0 bridgehead atoms. The minimum Gasteiger partial charge on any atom is -0.464 e. The summed E-state index contributed by atoms with van der Waals surface area (Å²) < 4.78 is 16.8. The lowest BCUT2D eigenvalue weighted by molar-refractivity contribution is 0.00578. The highest BCUT2D eigenvalue weighted by Crippen LogP contribution is 2.36. The van der Waals surface area contributed by atoms with E-state index >= 15 is 0 Å². The van der Waals surface area contributed by atoms with Crippen molar-refractivity contribution in [3.8, 4) is 0 Å². The first-order chi connectivity index (χ1) is 10.2. The Kier molecular flexibility index (Phi) is 3.30.